The van der Waals surface area contributed by atoms with Gasteiger partial charge >= 0.3 is 0 Å². The van der Waals surface area contributed by atoms with Gasteiger partial charge in [-0.25, -0.2) is 0 Å². The Morgan fingerprint density at radius 2 is 1.77 bits per heavy atom. The first kappa shape index (κ1) is 23.3. The lowest BCUT2D eigenvalue weighted by molar-refractivity contribution is 0.0608. The summed E-state index contributed by atoms with van der Waals surface area (Å²) in [7, 11) is 0. The van der Waals surface area contributed by atoms with Gasteiger partial charge in [0.05, 0.1) is 17.8 Å². The molecule has 0 spiro atoms. The number of hydrogen-bond acceptors (Lipinski definition) is 3. The van der Waals surface area contributed by atoms with E-state index in [1.54, 1.807) is 11.1 Å². The largest absolute Gasteiger partial charge is 0.393 e. The first-order valence-corrected chi connectivity index (χ1v) is 12.8. The number of aliphatic hydroxyl groups excluding tert-OH is 2. The Balaban J connectivity index is 1.50. The molecule has 4 rings (SSSR count). The Labute approximate surface area is 189 Å². The molecular formula is C28H44O3. The molecule has 3 fully saturated rings. The van der Waals surface area contributed by atoms with Gasteiger partial charge in [0.1, 0.15) is 0 Å². The van der Waals surface area contributed by atoms with Gasteiger partial charge in [0.25, 0.3) is 0 Å². The maximum absolute atomic E-state index is 10.2. The van der Waals surface area contributed by atoms with Crippen LogP contribution in [0.5, 0.6) is 0 Å². The third-order valence-electron chi connectivity index (χ3n) is 8.74. The van der Waals surface area contributed by atoms with E-state index in [1.165, 1.54) is 56.9 Å². The molecule has 0 aromatic rings. The van der Waals surface area contributed by atoms with Crippen molar-refractivity contribution in [3.63, 3.8) is 0 Å². The first-order chi connectivity index (χ1) is 14.6. The summed E-state index contributed by atoms with van der Waals surface area (Å²) in [6, 6.07) is 0. The molecule has 31 heavy (non-hydrogen) atoms. The summed E-state index contributed by atoms with van der Waals surface area (Å²) in [5.74, 6) is 0.604. The van der Waals surface area contributed by atoms with Crippen molar-refractivity contribution in [2.24, 2.45) is 16.7 Å². The molecule has 0 aromatic heterocycles. The maximum atomic E-state index is 10.2. The number of hydrogen-bond donors (Lipinski definition) is 3. The van der Waals surface area contributed by atoms with Crippen LogP contribution in [-0.2, 0) is 0 Å². The topological polar surface area (TPSA) is 60.7 Å². The summed E-state index contributed by atoms with van der Waals surface area (Å²) in [5.41, 5.74) is 4.64. The maximum Gasteiger partial charge on any atom is 0.0602 e. The molecule has 0 amide bonds. The Hall–Kier alpha value is -0.900. The molecule has 0 aliphatic heterocycles. The summed E-state index contributed by atoms with van der Waals surface area (Å²) in [4.78, 5) is 0. The smallest absolute Gasteiger partial charge is 0.0602 e. The van der Waals surface area contributed by atoms with Crippen molar-refractivity contribution < 1.29 is 15.3 Å². The predicted molar refractivity (Wildman–Crippen MR) is 127 cm³/mol. The Morgan fingerprint density at radius 3 is 2.42 bits per heavy atom. The summed E-state index contributed by atoms with van der Waals surface area (Å²) in [6.07, 6.45) is 20.4. The van der Waals surface area contributed by atoms with Crippen molar-refractivity contribution in [2.75, 3.05) is 0 Å². The SMILES string of the molecule is CC(C)(O)CCCC1(C2=CC[C@H]3/C(=C/C=C4C[C@@H](O)C[C@H](O)C4)CCCC[C@]23C)CC1. The molecule has 4 atom stereocenters. The summed E-state index contributed by atoms with van der Waals surface area (Å²) in [5, 5.41) is 30.2. The van der Waals surface area contributed by atoms with Crippen molar-refractivity contribution in [2.45, 2.75) is 122 Å². The molecule has 0 unspecified atom stereocenters. The van der Waals surface area contributed by atoms with Gasteiger partial charge in [-0.1, -0.05) is 48.3 Å². The van der Waals surface area contributed by atoms with E-state index in [1.807, 2.05) is 13.8 Å². The molecule has 3 heteroatoms. The van der Waals surface area contributed by atoms with Gasteiger partial charge in [0.15, 0.2) is 0 Å². The molecule has 0 aromatic carbocycles. The quantitative estimate of drug-likeness (QED) is 0.455. The first-order valence-electron chi connectivity index (χ1n) is 12.8. The lowest BCUT2D eigenvalue weighted by Gasteiger charge is -2.39. The van der Waals surface area contributed by atoms with E-state index in [-0.39, 0.29) is 5.41 Å². The standard InChI is InChI=1S/C28H44O3/c1-26(2,31)12-6-14-28(15-16-28)25-11-10-24-21(7-4-5-13-27(24,25)3)9-8-20-17-22(29)19-23(30)18-20/h8-9,11,22-24,29-31H,4-7,10,12-19H2,1-3H3/b21-9+/t22-,23-,24+,27+/m1/s1. The van der Waals surface area contributed by atoms with Crippen molar-refractivity contribution in [1.82, 2.24) is 0 Å². The predicted octanol–water partition coefficient (Wildman–Crippen LogP) is 5.99. The minimum absolute atomic E-state index is 0.275. The lowest BCUT2D eigenvalue weighted by atomic mass is 9.65. The third-order valence-corrected chi connectivity index (χ3v) is 8.74. The molecule has 174 valence electrons. The van der Waals surface area contributed by atoms with E-state index < -0.39 is 17.8 Å². The highest BCUT2D eigenvalue weighted by atomic mass is 16.3. The average Bonchev–Trinajstić information content (AvgIpc) is 3.38. The van der Waals surface area contributed by atoms with Gasteiger partial charge in [-0.2, -0.15) is 0 Å². The minimum atomic E-state index is -0.557. The summed E-state index contributed by atoms with van der Waals surface area (Å²) >= 11 is 0. The summed E-state index contributed by atoms with van der Waals surface area (Å²) in [6.45, 7) is 6.40. The second kappa shape index (κ2) is 8.80. The zero-order valence-corrected chi connectivity index (χ0v) is 20.0. The van der Waals surface area contributed by atoms with Crippen LogP contribution >= 0.6 is 0 Å². The van der Waals surface area contributed by atoms with E-state index in [9.17, 15) is 15.3 Å². The second-order valence-electron chi connectivity index (χ2n) is 12.0. The van der Waals surface area contributed by atoms with Crippen LogP contribution in [0, 0.1) is 16.7 Å². The van der Waals surface area contributed by atoms with Crippen molar-refractivity contribution in [3.8, 4) is 0 Å². The fraction of sp³-hybridized carbons (Fsp3) is 0.786. The lowest BCUT2D eigenvalue weighted by Crippen LogP contribution is -2.30. The van der Waals surface area contributed by atoms with Gasteiger partial charge in [0.2, 0.25) is 0 Å². The monoisotopic (exact) mass is 428 g/mol. The van der Waals surface area contributed by atoms with E-state index in [0.717, 1.165) is 12.8 Å². The van der Waals surface area contributed by atoms with Gasteiger partial charge in [-0.05, 0) is 108 Å². The number of fused-ring (bicyclic) bond motifs is 1. The minimum Gasteiger partial charge on any atom is -0.393 e. The molecule has 4 aliphatic rings. The molecule has 0 radical (unpaired) electrons. The third kappa shape index (κ3) is 5.20. The molecule has 0 heterocycles. The van der Waals surface area contributed by atoms with E-state index in [0.29, 0.717) is 30.6 Å². The number of allylic oxidation sites excluding steroid dienone is 5. The highest BCUT2D eigenvalue weighted by Gasteiger charge is 2.55. The van der Waals surface area contributed by atoms with Crippen molar-refractivity contribution >= 4 is 0 Å². The van der Waals surface area contributed by atoms with Crippen LogP contribution < -0.4 is 0 Å². The zero-order valence-electron chi connectivity index (χ0n) is 20.0. The normalized spacial score (nSPS) is 36.7. The van der Waals surface area contributed by atoms with E-state index in [4.69, 9.17) is 0 Å². The molecule has 3 saturated carbocycles. The van der Waals surface area contributed by atoms with Gasteiger partial charge < -0.3 is 15.3 Å². The van der Waals surface area contributed by atoms with E-state index >= 15 is 0 Å². The van der Waals surface area contributed by atoms with Crippen LogP contribution in [0.25, 0.3) is 0 Å². The highest BCUT2D eigenvalue weighted by Crippen LogP contribution is 2.67. The number of rotatable bonds is 6. The van der Waals surface area contributed by atoms with Crippen LogP contribution in [0.2, 0.25) is 0 Å². The molecule has 3 nitrogen and oxygen atoms in total. The fourth-order valence-corrected chi connectivity index (χ4v) is 7.00. The average molecular weight is 429 g/mol. The van der Waals surface area contributed by atoms with Gasteiger partial charge in [-0.3, -0.25) is 0 Å². The van der Waals surface area contributed by atoms with Crippen molar-refractivity contribution in [3.05, 3.63) is 34.9 Å². The fourth-order valence-electron chi connectivity index (χ4n) is 7.00. The van der Waals surface area contributed by atoms with Crippen LogP contribution in [-0.4, -0.2) is 33.1 Å². The van der Waals surface area contributed by atoms with E-state index in [2.05, 4.69) is 25.2 Å². The van der Waals surface area contributed by atoms with Crippen LogP contribution in [0.3, 0.4) is 0 Å². The Kier molecular flexibility index (Phi) is 6.60. The molecule has 3 N–H and O–H groups in total. The van der Waals surface area contributed by atoms with Crippen LogP contribution in [0.4, 0.5) is 0 Å². The van der Waals surface area contributed by atoms with Gasteiger partial charge in [0, 0.05) is 0 Å². The van der Waals surface area contributed by atoms with Crippen LogP contribution in [0.1, 0.15) is 104 Å². The molecule has 4 aliphatic carbocycles. The molecular weight excluding hydrogens is 384 g/mol. The zero-order chi connectivity index (χ0) is 22.3. The molecule has 0 bridgehead atoms. The second-order valence-corrected chi connectivity index (χ2v) is 12.0. The Morgan fingerprint density at radius 1 is 1.06 bits per heavy atom. The van der Waals surface area contributed by atoms with Gasteiger partial charge in [-0.15, -0.1) is 0 Å². The number of aliphatic hydroxyl groups is 3. The van der Waals surface area contributed by atoms with Crippen molar-refractivity contribution in [1.29, 1.82) is 0 Å². The molecule has 0 saturated heterocycles. The van der Waals surface area contributed by atoms with Crippen LogP contribution in [0.15, 0.2) is 34.9 Å². The Bertz CT molecular complexity index is 737. The summed E-state index contributed by atoms with van der Waals surface area (Å²) < 4.78 is 0. The highest BCUT2D eigenvalue weighted by molar-refractivity contribution is 5.38.